The van der Waals surface area contributed by atoms with Crippen molar-refractivity contribution in [1.29, 1.82) is 0 Å². The molecule has 2 rings (SSSR count). The van der Waals surface area contributed by atoms with E-state index in [0.717, 1.165) is 38.4 Å². The Morgan fingerprint density at radius 1 is 1.29 bits per heavy atom. The zero-order valence-electron chi connectivity index (χ0n) is 14.3. The molecule has 1 aliphatic rings. The van der Waals surface area contributed by atoms with Crippen molar-refractivity contribution in [2.75, 3.05) is 60.0 Å². The molecule has 0 spiro atoms. The summed E-state index contributed by atoms with van der Waals surface area (Å²) in [5.41, 5.74) is 1.14. The van der Waals surface area contributed by atoms with Crippen molar-refractivity contribution in [3.63, 3.8) is 0 Å². The van der Waals surface area contributed by atoms with E-state index in [4.69, 9.17) is 4.74 Å². The molecule has 24 heavy (non-hydrogen) atoms. The molecule has 0 aromatic carbocycles. The van der Waals surface area contributed by atoms with Gasteiger partial charge in [-0.05, 0) is 36.5 Å². The number of likely N-dealkylation sites (N-methyl/N-ethyl adjacent to an activating group) is 1. The lowest BCUT2D eigenvalue weighted by atomic mass is 10.1. The lowest BCUT2D eigenvalue weighted by molar-refractivity contribution is -0.139. The smallest absolute Gasteiger partial charge is 0.309 e. The van der Waals surface area contributed by atoms with Gasteiger partial charge in [0.05, 0.1) is 19.3 Å². The number of rotatable bonds is 7. The fourth-order valence-electron chi connectivity index (χ4n) is 2.57. The second-order valence-corrected chi connectivity index (χ2v) is 6.74. The van der Waals surface area contributed by atoms with Crippen LogP contribution in [0, 0.1) is 0 Å². The maximum Gasteiger partial charge on any atom is 0.309 e. The van der Waals surface area contributed by atoms with Crippen LogP contribution in [0.3, 0.4) is 0 Å². The molecule has 8 heteroatoms. The average molecular weight is 354 g/mol. The molecule has 1 saturated heterocycles. The topological polar surface area (TPSA) is 73.9 Å². The van der Waals surface area contributed by atoms with Gasteiger partial charge in [-0.15, -0.1) is 0 Å². The molecule has 7 nitrogen and oxygen atoms in total. The van der Waals surface area contributed by atoms with Crippen LogP contribution in [0.15, 0.2) is 16.8 Å². The zero-order valence-corrected chi connectivity index (χ0v) is 15.1. The van der Waals surface area contributed by atoms with Crippen LogP contribution >= 0.6 is 11.3 Å². The lowest BCUT2D eigenvalue weighted by Crippen LogP contribution is -2.46. The van der Waals surface area contributed by atoms with Crippen LogP contribution in [-0.2, 0) is 14.3 Å². The number of ether oxygens (including phenoxy) is 1. The van der Waals surface area contributed by atoms with Crippen molar-refractivity contribution >= 4 is 23.2 Å². The molecule has 1 unspecified atom stereocenters. The van der Waals surface area contributed by atoms with E-state index in [1.165, 1.54) is 0 Å². The van der Waals surface area contributed by atoms with Crippen molar-refractivity contribution in [3.8, 4) is 0 Å². The van der Waals surface area contributed by atoms with Crippen LogP contribution < -0.4 is 10.6 Å². The third-order valence-electron chi connectivity index (χ3n) is 4.03. The fraction of sp³-hybridized carbons (Fsp3) is 0.625. The third-order valence-corrected chi connectivity index (χ3v) is 4.73. The molecule has 0 aliphatic carbocycles. The molecule has 1 atom stereocenters. The Morgan fingerprint density at radius 3 is 2.62 bits per heavy atom. The summed E-state index contributed by atoms with van der Waals surface area (Å²) < 4.78 is 5.27. The largest absolute Gasteiger partial charge is 0.379 e. The minimum absolute atomic E-state index is 0.0568. The van der Waals surface area contributed by atoms with Gasteiger partial charge < -0.3 is 20.3 Å². The second-order valence-electron chi connectivity index (χ2n) is 5.96. The van der Waals surface area contributed by atoms with E-state index >= 15 is 0 Å². The molecule has 1 fully saturated rings. The highest BCUT2D eigenvalue weighted by Crippen LogP contribution is 2.19. The molecule has 0 saturated carbocycles. The average Bonchev–Trinajstić information content (AvgIpc) is 3.09. The van der Waals surface area contributed by atoms with Crippen LogP contribution in [0.25, 0.3) is 0 Å². The van der Waals surface area contributed by atoms with Gasteiger partial charge in [0.1, 0.15) is 0 Å². The molecular weight excluding hydrogens is 328 g/mol. The summed E-state index contributed by atoms with van der Waals surface area (Å²) in [4.78, 5) is 28.1. The Morgan fingerprint density at radius 2 is 2.00 bits per heavy atom. The summed E-state index contributed by atoms with van der Waals surface area (Å²) >= 11 is 1.62. The predicted molar refractivity (Wildman–Crippen MR) is 94.0 cm³/mol. The van der Waals surface area contributed by atoms with Crippen LogP contribution in [0.2, 0.25) is 0 Å². The van der Waals surface area contributed by atoms with Gasteiger partial charge in [-0.2, -0.15) is 11.3 Å². The van der Waals surface area contributed by atoms with E-state index in [9.17, 15) is 9.59 Å². The standard InChI is InChI=1S/C16H26N4O3S/c1-19(2)14(13-3-10-24-12-13)11-18-16(22)15(21)17-4-5-20-6-8-23-9-7-20/h3,10,12,14H,4-9,11H2,1-2H3,(H,17,21)(H,18,22). The molecule has 2 amide bonds. The lowest BCUT2D eigenvalue weighted by Gasteiger charge is -2.26. The number of amides is 2. The van der Waals surface area contributed by atoms with Gasteiger partial charge >= 0.3 is 11.8 Å². The molecule has 0 radical (unpaired) electrons. The fourth-order valence-corrected chi connectivity index (χ4v) is 3.27. The second kappa shape index (κ2) is 9.73. The summed E-state index contributed by atoms with van der Waals surface area (Å²) in [6, 6.07) is 2.09. The van der Waals surface area contributed by atoms with E-state index in [-0.39, 0.29) is 6.04 Å². The molecule has 1 aliphatic heterocycles. The van der Waals surface area contributed by atoms with Gasteiger partial charge in [-0.25, -0.2) is 0 Å². The number of nitrogens with zero attached hydrogens (tertiary/aromatic N) is 2. The maximum atomic E-state index is 11.9. The van der Waals surface area contributed by atoms with Crippen LogP contribution in [0.5, 0.6) is 0 Å². The molecule has 134 valence electrons. The molecular formula is C16H26N4O3S. The third kappa shape index (κ3) is 5.86. The number of carbonyl (C=O) groups excluding carboxylic acids is 2. The van der Waals surface area contributed by atoms with Crippen molar-refractivity contribution in [1.82, 2.24) is 20.4 Å². The highest BCUT2D eigenvalue weighted by molar-refractivity contribution is 7.07. The molecule has 1 aromatic rings. The van der Waals surface area contributed by atoms with Gasteiger partial charge in [-0.1, -0.05) is 0 Å². The minimum Gasteiger partial charge on any atom is -0.379 e. The zero-order chi connectivity index (χ0) is 17.4. The van der Waals surface area contributed by atoms with Gasteiger partial charge in [0, 0.05) is 32.7 Å². The van der Waals surface area contributed by atoms with E-state index in [1.807, 2.05) is 30.4 Å². The molecule has 2 heterocycles. The van der Waals surface area contributed by atoms with Gasteiger partial charge in [0.15, 0.2) is 0 Å². The maximum absolute atomic E-state index is 11.9. The molecule has 0 bridgehead atoms. The van der Waals surface area contributed by atoms with E-state index < -0.39 is 11.8 Å². The SMILES string of the molecule is CN(C)C(CNC(=O)C(=O)NCCN1CCOCC1)c1ccsc1. The first kappa shape index (κ1) is 18.9. The Kier molecular flexibility index (Phi) is 7.64. The first-order valence-corrected chi connectivity index (χ1v) is 9.07. The van der Waals surface area contributed by atoms with Crippen molar-refractivity contribution in [2.45, 2.75) is 6.04 Å². The van der Waals surface area contributed by atoms with Crippen molar-refractivity contribution in [3.05, 3.63) is 22.4 Å². The summed E-state index contributed by atoms with van der Waals surface area (Å²) in [6.07, 6.45) is 0. The van der Waals surface area contributed by atoms with Gasteiger partial charge in [0.25, 0.3) is 0 Å². The van der Waals surface area contributed by atoms with Crippen molar-refractivity contribution in [2.24, 2.45) is 0 Å². The number of thiophene rings is 1. The van der Waals surface area contributed by atoms with Crippen LogP contribution in [0.4, 0.5) is 0 Å². The summed E-state index contributed by atoms with van der Waals surface area (Å²) in [7, 11) is 3.91. The summed E-state index contributed by atoms with van der Waals surface area (Å²) in [5, 5.41) is 9.45. The summed E-state index contributed by atoms with van der Waals surface area (Å²) in [6.45, 7) is 4.79. The number of carbonyl (C=O) groups is 2. The van der Waals surface area contributed by atoms with Crippen LogP contribution in [-0.4, -0.2) is 81.6 Å². The molecule has 1 aromatic heterocycles. The number of nitrogens with one attached hydrogen (secondary N) is 2. The quantitative estimate of drug-likeness (QED) is 0.670. The summed E-state index contributed by atoms with van der Waals surface area (Å²) in [5.74, 6) is -1.16. The Balaban J connectivity index is 1.69. The van der Waals surface area contributed by atoms with E-state index in [1.54, 1.807) is 11.3 Å². The number of hydrogen-bond donors (Lipinski definition) is 2. The first-order valence-electron chi connectivity index (χ1n) is 8.12. The number of hydrogen-bond acceptors (Lipinski definition) is 6. The molecule has 2 N–H and O–H groups in total. The Labute approximate surface area is 147 Å². The van der Waals surface area contributed by atoms with E-state index in [0.29, 0.717) is 13.1 Å². The Hall–Kier alpha value is -1.48. The first-order chi connectivity index (χ1) is 11.6. The Bertz CT molecular complexity index is 515. The normalized spacial score (nSPS) is 16.8. The van der Waals surface area contributed by atoms with Crippen LogP contribution in [0.1, 0.15) is 11.6 Å². The predicted octanol–water partition coefficient (Wildman–Crippen LogP) is -0.0846. The highest BCUT2D eigenvalue weighted by Gasteiger charge is 2.19. The number of morpholine rings is 1. The monoisotopic (exact) mass is 354 g/mol. The minimum atomic E-state index is -0.584. The van der Waals surface area contributed by atoms with Crippen molar-refractivity contribution < 1.29 is 14.3 Å². The van der Waals surface area contributed by atoms with Gasteiger partial charge in [0.2, 0.25) is 0 Å². The highest BCUT2D eigenvalue weighted by atomic mass is 32.1. The van der Waals surface area contributed by atoms with Gasteiger partial charge in [-0.3, -0.25) is 14.5 Å². The van der Waals surface area contributed by atoms with E-state index in [2.05, 4.69) is 20.9 Å².